The van der Waals surface area contributed by atoms with Gasteiger partial charge >= 0.3 is 0 Å². The number of para-hydroxylation sites is 1. The summed E-state index contributed by atoms with van der Waals surface area (Å²) in [7, 11) is -3.91. The molecule has 9 heteroatoms. The highest BCUT2D eigenvalue weighted by atomic mass is 79.9. The Balaban J connectivity index is 2.52. The van der Waals surface area contributed by atoms with Crippen molar-refractivity contribution in [1.82, 2.24) is 0 Å². The van der Waals surface area contributed by atoms with Gasteiger partial charge in [-0.3, -0.25) is 4.72 Å². The predicted molar refractivity (Wildman–Crippen MR) is 93.5 cm³/mol. The molecule has 3 N–H and O–H groups in total. The molecule has 0 heterocycles. The Morgan fingerprint density at radius 1 is 1.05 bits per heavy atom. The van der Waals surface area contributed by atoms with E-state index in [-0.39, 0.29) is 20.6 Å². The number of nitrogen functional groups attached to an aromatic ring is 1. The quantitative estimate of drug-likeness (QED) is 0.621. The van der Waals surface area contributed by atoms with Crippen molar-refractivity contribution in [3.63, 3.8) is 0 Å². The van der Waals surface area contributed by atoms with Gasteiger partial charge in [-0.25, -0.2) is 8.42 Å². The number of hydrogen-bond acceptors (Lipinski definition) is 3. The topological polar surface area (TPSA) is 72.2 Å². The van der Waals surface area contributed by atoms with E-state index >= 15 is 0 Å². The maximum absolute atomic E-state index is 12.5. The Hall–Kier alpha value is -0.470. The van der Waals surface area contributed by atoms with Crippen LogP contribution in [0.3, 0.4) is 0 Å². The third kappa shape index (κ3) is 3.48. The van der Waals surface area contributed by atoms with Crippen LogP contribution in [0.25, 0.3) is 0 Å². The first-order chi connectivity index (χ1) is 9.74. The summed E-state index contributed by atoms with van der Waals surface area (Å²) in [6, 6.07) is 7.86. The van der Waals surface area contributed by atoms with Crippen LogP contribution in [0.15, 0.2) is 44.2 Å². The molecule has 0 saturated carbocycles. The molecule has 0 fully saturated rings. The molecule has 0 radical (unpaired) electrons. The number of sulfonamides is 1. The van der Waals surface area contributed by atoms with E-state index in [2.05, 4.69) is 36.6 Å². The average Bonchev–Trinajstić information content (AvgIpc) is 2.40. The first-order valence-electron chi connectivity index (χ1n) is 5.44. The standard InChI is InChI=1S/C12H8Br2Cl2N2O2S/c13-6-2-1-3-7(14)12(6)18-21(19,20)9-5-4-8(15)11(17)10(9)16/h1-5,18H,17H2. The first kappa shape index (κ1) is 16.9. The summed E-state index contributed by atoms with van der Waals surface area (Å²) in [5.41, 5.74) is 6.04. The minimum atomic E-state index is -3.91. The minimum Gasteiger partial charge on any atom is -0.396 e. The van der Waals surface area contributed by atoms with E-state index in [0.29, 0.717) is 14.6 Å². The molecule has 0 spiro atoms. The van der Waals surface area contributed by atoms with Gasteiger partial charge in [-0.05, 0) is 56.1 Å². The molecule has 0 amide bonds. The molecule has 2 rings (SSSR count). The molecule has 0 bridgehead atoms. The van der Waals surface area contributed by atoms with Crippen LogP contribution in [0.4, 0.5) is 11.4 Å². The zero-order chi connectivity index (χ0) is 15.8. The van der Waals surface area contributed by atoms with Crippen LogP contribution in [0.2, 0.25) is 10.0 Å². The maximum Gasteiger partial charge on any atom is 0.263 e. The number of hydrogen-bond donors (Lipinski definition) is 2. The van der Waals surface area contributed by atoms with Gasteiger partial charge in [0.1, 0.15) is 4.90 Å². The molecule has 0 aliphatic carbocycles. The van der Waals surface area contributed by atoms with Gasteiger partial charge in [0.2, 0.25) is 0 Å². The highest BCUT2D eigenvalue weighted by molar-refractivity contribution is 9.11. The van der Waals surface area contributed by atoms with Crippen LogP contribution in [0.1, 0.15) is 0 Å². The fourth-order valence-corrected chi connectivity index (χ4v) is 4.87. The SMILES string of the molecule is Nc1c(Cl)ccc(S(=O)(=O)Nc2c(Br)cccc2Br)c1Cl. The minimum absolute atomic E-state index is 0.0207. The summed E-state index contributed by atoms with van der Waals surface area (Å²) in [6.45, 7) is 0. The van der Waals surface area contributed by atoms with E-state index in [4.69, 9.17) is 28.9 Å². The van der Waals surface area contributed by atoms with Gasteiger partial charge in [0, 0.05) is 8.95 Å². The number of nitrogens with one attached hydrogen (secondary N) is 1. The van der Waals surface area contributed by atoms with Gasteiger partial charge in [-0.15, -0.1) is 0 Å². The summed E-state index contributed by atoms with van der Waals surface area (Å²) in [6.07, 6.45) is 0. The third-order valence-electron chi connectivity index (χ3n) is 2.58. The van der Waals surface area contributed by atoms with Crippen LogP contribution in [0, 0.1) is 0 Å². The molecule has 0 aliphatic rings. The number of nitrogens with two attached hydrogens (primary N) is 1. The van der Waals surface area contributed by atoms with E-state index in [0.717, 1.165) is 0 Å². The van der Waals surface area contributed by atoms with Crippen LogP contribution in [0.5, 0.6) is 0 Å². The van der Waals surface area contributed by atoms with E-state index in [1.54, 1.807) is 18.2 Å². The molecule has 4 nitrogen and oxygen atoms in total. The van der Waals surface area contributed by atoms with Gasteiger partial charge < -0.3 is 5.73 Å². The van der Waals surface area contributed by atoms with Crippen LogP contribution in [-0.2, 0) is 10.0 Å². The van der Waals surface area contributed by atoms with Gasteiger partial charge in [0.05, 0.1) is 21.4 Å². The predicted octanol–water partition coefficient (Wildman–Crippen LogP) is 4.90. The molecule has 0 unspecified atom stereocenters. The Morgan fingerprint density at radius 2 is 1.62 bits per heavy atom. The lowest BCUT2D eigenvalue weighted by molar-refractivity contribution is 0.601. The Bertz CT molecular complexity index is 793. The van der Waals surface area contributed by atoms with Gasteiger partial charge in [-0.2, -0.15) is 0 Å². The van der Waals surface area contributed by atoms with Crippen molar-refractivity contribution < 1.29 is 8.42 Å². The molecular weight excluding hydrogens is 467 g/mol. The smallest absolute Gasteiger partial charge is 0.263 e. The number of anilines is 2. The van der Waals surface area contributed by atoms with E-state index < -0.39 is 10.0 Å². The molecular formula is C12H8Br2Cl2N2O2S. The van der Waals surface area contributed by atoms with Gasteiger partial charge in [0.25, 0.3) is 10.0 Å². The molecule has 0 aromatic heterocycles. The zero-order valence-electron chi connectivity index (χ0n) is 10.2. The Kier molecular flexibility index (Phi) is 5.10. The van der Waals surface area contributed by atoms with Crippen molar-refractivity contribution in [2.24, 2.45) is 0 Å². The molecule has 2 aromatic carbocycles. The Morgan fingerprint density at radius 3 is 2.19 bits per heavy atom. The van der Waals surface area contributed by atoms with Crippen molar-refractivity contribution >= 4 is 76.5 Å². The molecule has 0 saturated heterocycles. The second-order valence-corrected chi connectivity index (χ2v) is 8.12. The monoisotopic (exact) mass is 472 g/mol. The van der Waals surface area contributed by atoms with Crippen molar-refractivity contribution in [2.45, 2.75) is 4.90 Å². The zero-order valence-corrected chi connectivity index (χ0v) is 15.7. The van der Waals surface area contributed by atoms with E-state index in [1.807, 2.05) is 0 Å². The number of halogens is 4. The van der Waals surface area contributed by atoms with Crippen molar-refractivity contribution in [2.75, 3.05) is 10.5 Å². The molecule has 21 heavy (non-hydrogen) atoms. The van der Waals surface area contributed by atoms with Crippen LogP contribution in [-0.4, -0.2) is 8.42 Å². The van der Waals surface area contributed by atoms with Crippen molar-refractivity contribution in [3.8, 4) is 0 Å². The third-order valence-corrected chi connectivity index (χ3v) is 6.14. The summed E-state index contributed by atoms with van der Waals surface area (Å²) >= 11 is 18.3. The molecule has 2 aromatic rings. The molecule has 0 aliphatic heterocycles. The Labute approximate surface area is 148 Å². The average molecular weight is 475 g/mol. The second-order valence-electron chi connectivity index (χ2n) is 3.98. The summed E-state index contributed by atoms with van der Waals surface area (Å²) < 4.78 is 28.5. The highest BCUT2D eigenvalue weighted by Gasteiger charge is 2.22. The van der Waals surface area contributed by atoms with Crippen LogP contribution < -0.4 is 10.5 Å². The van der Waals surface area contributed by atoms with Gasteiger partial charge in [0.15, 0.2) is 0 Å². The summed E-state index contributed by atoms with van der Waals surface area (Å²) in [5.74, 6) is 0. The van der Waals surface area contributed by atoms with Crippen molar-refractivity contribution in [3.05, 3.63) is 49.3 Å². The molecule has 0 atom stereocenters. The fourth-order valence-electron chi connectivity index (χ4n) is 1.54. The first-order valence-corrected chi connectivity index (χ1v) is 9.27. The van der Waals surface area contributed by atoms with E-state index in [9.17, 15) is 8.42 Å². The summed E-state index contributed by atoms with van der Waals surface area (Å²) in [4.78, 5) is -0.145. The lowest BCUT2D eigenvalue weighted by atomic mass is 10.3. The largest absolute Gasteiger partial charge is 0.396 e. The van der Waals surface area contributed by atoms with Crippen molar-refractivity contribution in [1.29, 1.82) is 0 Å². The lowest BCUT2D eigenvalue weighted by Gasteiger charge is -2.13. The van der Waals surface area contributed by atoms with Crippen LogP contribution >= 0.6 is 55.1 Å². The second kappa shape index (κ2) is 6.34. The maximum atomic E-state index is 12.5. The number of rotatable bonds is 3. The summed E-state index contributed by atoms with van der Waals surface area (Å²) in [5, 5.41) is 0.0826. The fraction of sp³-hybridized carbons (Fsp3) is 0. The highest BCUT2D eigenvalue weighted by Crippen LogP contribution is 2.36. The normalized spacial score (nSPS) is 11.4. The van der Waals surface area contributed by atoms with Gasteiger partial charge in [-0.1, -0.05) is 29.3 Å². The lowest BCUT2D eigenvalue weighted by Crippen LogP contribution is -2.15. The molecule has 112 valence electrons. The number of benzene rings is 2. The van der Waals surface area contributed by atoms with E-state index in [1.165, 1.54) is 12.1 Å².